The summed E-state index contributed by atoms with van der Waals surface area (Å²) in [5.41, 5.74) is 8.56. The van der Waals surface area contributed by atoms with Gasteiger partial charge in [-0.15, -0.1) is 0 Å². The maximum absolute atomic E-state index is 11.2. The fourth-order valence-electron chi connectivity index (χ4n) is 1.76. The van der Waals surface area contributed by atoms with Crippen LogP contribution in [-0.2, 0) is 9.84 Å². The highest BCUT2D eigenvalue weighted by Crippen LogP contribution is 2.32. The third-order valence-corrected chi connectivity index (χ3v) is 5.64. The number of hydrogen-bond acceptors (Lipinski definition) is 4. The van der Waals surface area contributed by atoms with Crippen LogP contribution in [0.25, 0.3) is 0 Å². The van der Waals surface area contributed by atoms with Crippen molar-refractivity contribution in [3.05, 3.63) is 35.4 Å². The lowest BCUT2D eigenvalue weighted by Gasteiger charge is -2.23. The molecule has 0 bridgehead atoms. The Balaban J connectivity index is 2.75. The molecule has 0 aliphatic carbocycles. The maximum Gasteiger partial charge on any atom is 0.148 e. The van der Waals surface area contributed by atoms with Crippen LogP contribution in [0.15, 0.2) is 24.3 Å². The third kappa shape index (κ3) is 5.97. The molecule has 2 unspecified atom stereocenters. The van der Waals surface area contributed by atoms with E-state index < -0.39 is 9.84 Å². The van der Waals surface area contributed by atoms with Crippen LogP contribution in [0.1, 0.15) is 29.7 Å². The first-order valence-electron chi connectivity index (χ1n) is 6.45. The summed E-state index contributed by atoms with van der Waals surface area (Å²) < 4.78 is 22.4. The normalized spacial score (nSPS) is 15.2. The van der Waals surface area contributed by atoms with Crippen LogP contribution in [0.4, 0.5) is 0 Å². The number of sulfone groups is 1. The third-order valence-electron chi connectivity index (χ3n) is 3.02. The van der Waals surface area contributed by atoms with Crippen molar-refractivity contribution in [2.24, 2.45) is 5.73 Å². The van der Waals surface area contributed by atoms with Crippen LogP contribution >= 0.6 is 11.8 Å². The van der Waals surface area contributed by atoms with E-state index in [9.17, 15) is 8.42 Å². The second-order valence-corrected chi connectivity index (χ2v) is 8.41. The average Bonchev–Trinajstić information content (AvgIpc) is 2.34. The van der Waals surface area contributed by atoms with Crippen molar-refractivity contribution < 1.29 is 8.42 Å². The second kappa shape index (κ2) is 7.31. The summed E-state index contributed by atoms with van der Waals surface area (Å²) in [7, 11) is -2.90. The summed E-state index contributed by atoms with van der Waals surface area (Å²) in [6, 6.07) is 8.36. The van der Waals surface area contributed by atoms with Gasteiger partial charge < -0.3 is 5.73 Å². The van der Waals surface area contributed by atoms with Crippen molar-refractivity contribution in [1.29, 1.82) is 0 Å². The fourth-order valence-corrected chi connectivity index (χ4v) is 4.40. The van der Waals surface area contributed by atoms with Crippen molar-refractivity contribution in [2.75, 3.05) is 17.8 Å². The Labute approximate surface area is 120 Å². The minimum Gasteiger partial charge on any atom is -0.326 e. The molecule has 1 aromatic carbocycles. The predicted octanol–water partition coefficient (Wildman–Crippen LogP) is 2.55. The van der Waals surface area contributed by atoms with Gasteiger partial charge in [-0.1, -0.05) is 36.8 Å². The molecule has 0 aliphatic heterocycles. The summed E-state index contributed by atoms with van der Waals surface area (Å²) in [6.07, 6.45) is 2.15. The van der Waals surface area contributed by atoms with Crippen LogP contribution in [0.5, 0.6) is 0 Å². The summed E-state index contributed by atoms with van der Waals surface area (Å²) in [5, 5.41) is 0.160. The summed E-state index contributed by atoms with van der Waals surface area (Å²) in [4.78, 5) is 0. The molecule has 0 fully saturated rings. The molecule has 108 valence electrons. The second-order valence-electron chi connectivity index (χ2n) is 4.90. The van der Waals surface area contributed by atoms with Crippen molar-refractivity contribution in [3.8, 4) is 0 Å². The molecule has 0 radical (unpaired) electrons. The highest BCUT2D eigenvalue weighted by atomic mass is 32.2. The Morgan fingerprint density at radius 2 is 1.84 bits per heavy atom. The van der Waals surface area contributed by atoms with Crippen molar-refractivity contribution in [1.82, 2.24) is 0 Å². The summed E-state index contributed by atoms with van der Waals surface area (Å²) >= 11 is 1.64. The van der Waals surface area contributed by atoms with Gasteiger partial charge in [-0.25, -0.2) is 8.42 Å². The first-order valence-corrected chi connectivity index (χ1v) is 9.56. The zero-order valence-corrected chi connectivity index (χ0v) is 13.4. The van der Waals surface area contributed by atoms with E-state index in [1.807, 2.05) is 0 Å². The zero-order chi connectivity index (χ0) is 14.5. The van der Waals surface area contributed by atoms with E-state index in [1.54, 1.807) is 11.8 Å². The van der Waals surface area contributed by atoms with Gasteiger partial charge in [-0.3, -0.25) is 0 Å². The molecule has 1 aromatic rings. The van der Waals surface area contributed by atoms with Gasteiger partial charge in [0.25, 0.3) is 0 Å². The Morgan fingerprint density at radius 1 is 1.26 bits per heavy atom. The molecule has 0 aromatic heterocycles. The minimum absolute atomic E-state index is 0.0484. The van der Waals surface area contributed by atoms with E-state index in [1.165, 1.54) is 17.4 Å². The quantitative estimate of drug-likeness (QED) is 0.841. The molecule has 2 atom stereocenters. The van der Waals surface area contributed by atoms with Gasteiger partial charge in [0.1, 0.15) is 9.84 Å². The first kappa shape index (κ1) is 16.5. The Morgan fingerprint density at radius 3 is 2.32 bits per heavy atom. The van der Waals surface area contributed by atoms with Gasteiger partial charge in [0.05, 0.1) is 5.75 Å². The predicted molar refractivity (Wildman–Crippen MR) is 84.4 cm³/mol. The molecule has 5 heteroatoms. The van der Waals surface area contributed by atoms with Gasteiger partial charge in [0, 0.05) is 23.3 Å². The lowest BCUT2D eigenvalue weighted by Crippen LogP contribution is -2.26. The van der Waals surface area contributed by atoms with Crippen molar-refractivity contribution >= 4 is 21.6 Å². The number of thioether (sulfide) groups is 1. The molecule has 0 aliphatic rings. The summed E-state index contributed by atoms with van der Waals surface area (Å²) in [6.45, 7) is 4.11. The average molecular weight is 301 g/mol. The van der Waals surface area contributed by atoms with E-state index in [-0.39, 0.29) is 17.0 Å². The standard InChI is InChI=1S/C14H23NO2S2/c1-4-13(15)14(18-9-10-19(3,16)17)12-7-5-11(2)6-8-12/h5-8,13-14H,4,9-10,15H2,1-3H3. The maximum atomic E-state index is 11.2. The van der Waals surface area contributed by atoms with Crippen molar-refractivity contribution in [3.63, 3.8) is 0 Å². The first-order chi connectivity index (χ1) is 8.83. The Bertz CT molecular complexity index is 483. The van der Waals surface area contributed by atoms with Gasteiger partial charge in [0.2, 0.25) is 0 Å². The van der Waals surface area contributed by atoms with Gasteiger partial charge >= 0.3 is 0 Å². The molecule has 1 rings (SSSR count). The van der Waals surface area contributed by atoms with E-state index in [0.717, 1.165) is 6.42 Å². The lowest BCUT2D eigenvalue weighted by molar-refractivity contribution is 0.603. The monoisotopic (exact) mass is 301 g/mol. The Kier molecular flexibility index (Phi) is 6.36. The molecule has 19 heavy (non-hydrogen) atoms. The van der Waals surface area contributed by atoms with Crippen LogP contribution in [-0.4, -0.2) is 32.2 Å². The fraction of sp³-hybridized carbons (Fsp3) is 0.571. The molecule has 0 amide bonds. The molecule has 0 spiro atoms. The van der Waals surface area contributed by atoms with Crippen LogP contribution in [0.3, 0.4) is 0 Å². The molecule has 0 saturated heterocycles. The topological polar surface area (TPSA) is 60.2 Å². The number of rotatable bonds is 7. The SMILES string of the molecule is CCC(N)C(SCCS(C)(=O)=O)c1ccc(C)cc1. The molecule has 3 nitrogen and oxygen atoms in total. The highest BCUT2D eigenvalue weighted by Gasteiger charge is 2.19. The number of hydrogen-bond donors (Lipinski definition) is 1. The van der Waals surface area contributed by atoms with Crippen molar-refractivity contribution in [2.45, 2.75) is 31.6 Å². The van der Waals surface area contributed by atoms with Crippen LogP contribution in [0, 0.1) is 6.92 Å². The van der Waals surface area contributed by atoms with E-state index >= 15 is 0 Å². The van der Waals surface area contributed by atoms with E-state index in [0.29, 0.717) is 5.75 Å². The van der Waals surface area contributed by atoms with Gasteiger partial charge in [-0.05, 0) is 18.9 Å². The zero-order valence-electron chi connectivity index (χ0n) is 11.8. The number of aryl methyl sites for hydroxylation is 1. The number of benzene rings is 1. The number of nitrogens with two attached hydrogens (primary N) is 1. The molecular formula is C14H23NO2S2. The van der Waals surface area contributed by atoms with Gasteiger partial charge in [0.15, 0.2) is 0 Å². The molecule has 2 N–H and O–H groups in total. The molecule has 0 saturated carbocycles. The minimum atomic E-state index is -2.90. The Hall–Kier alpha value is -0.520. The molecule has 0 heterocycles. The highest BCUT2D eigenvalue weighted by molar-refractivity contribution is 8.00. The van der Waals surface area contributed by atoms with Crippen LogP contribution < -0.4 is 5.73 Å². The summed E-state index contributed by atoms with van der Waals surface area (Å²) in [5.74, 6) is 0.793. The molecular weight excluding hydrogens is 278 g/mol. The van der Waals surface area contributed by atoms with Crippen LogP contribution in [0.2, 0.25) is 0 Å². The largest absolute Gasteiger partial charge is 0.326 e. The lowest BCUT2D eigenvalue weighted by atomic mass is 10.0. The smallest absolute Gasteiger partial charge is 0.148 e. The van der Waals surface area contributed by atoms with Gasteiger partial charge in [-0.2, -0.15) is 11.8 Å². The van der Waals surface area contributed by atoms with E-state index in [2.05, 4.69) is 38.1 Å². The van der Waals surface area contributed by atoms with E-state index in [4.69, 9.17) is 5.73 Å².